The van der Waals surface area contributed by atoms with Gasteiger partial charge in [0.25, 0.3) is 0 Å². The van der Waals surface area contributed by atoms with Crippen molar-refractivity contribution < 1.29 is 9.47 Å². The Hall–Kier alpha value is -0.400. The van der Waals surface area contributed by atoms with Gasteiger partial charge in [0.1, 0.15) is 11.0 Å². The highest BCUT2D eigenvalue weighted by atomic mass is 79.9. The molecule has 2 unspecified atom stereocenters. The number of unbranched alkanes of at least 4 members (excludes halogenated alkanes) is 16. The van der Waals surface area contributed by atoms with Crippen LogP contribution in [0, 0.1) is 11.8 Å². The van der Waals surface area contributed by atoms with Gasteiger partial charge in [-0.25, -0.2) is 0 Å². The number of aromatic nitrogens is 2. The number of hydrogen-bond donors (Lipinski definition) is 0. The van der Waals surface area contributed by atoms with Crippen LogP contribution in [0.4, 0.5) is 0 Å². The van der Waals surface area contributed by atoms with Gasteiger partial charge in [0, 0.05) is 0 Å². The summed E-state index contributed by atoms with van der Waals surface area (Å²) >= 11 is 8.99. The summed E-state index contributed by atoms with van der Waals surface area (Å²) in [4.78, 5) is 0. The molecular formula is C38H66Br2N2O2S. The largest absolute Gasteiger partial charge is 0.488 e. The lowest BCUT2D eigenvalue weighted by Gasteiger charge is -2.23. The molecule has 0 N–H and O–H groups in total. The predicted octanol–water partition coefficient (Wildman–Crippen LogP) is 14.6. The first kappa shape index (κ1) is 40.8. The van der Waals surface area contributed by atoms with Gasteiger partial charge in [0.2, 0.25) is 0 Å². The number of fused-ring (bicyclic) bond motifs is 1. The van der Waals surface area contributed by atoms with E-state index in [1.54, 1.807) is 0 Å². The third kappa shape index (κ3) is 16.5. The molecule has 2 rings (SSSR count). The molecule has 0 spiro atoms. The van der Waals surface area contributed by atoms with E-state index in [4.69, 9.17) is 9.47 Å². The SMILES string of the molecule is CCCCCCCCC(CCCCCC)COc1c(OCC(CCCCCC)CCCCCCCC)c(Br)c2nsnc2c1Br. The van der Waals surface area contributed by atoms with Gasteiger partial charge in [0.05, 0.1) is 33.9 Å². The Morgan fingerprint density at radius 3 is 1.09 bits per heavy atom. The van der Waals surface area contributed by atoms with Crippen LogP contribution in [-0.4, -0.2) is 22.0 Å². The van der Waals surface area contributed by atoms with E-state index >= 15 is 0 Å². The molecule has 1 aromatic heterocycles. The third-order valence-electron chi connectivity index (χ3n) is 9.30. The van der Waals surface area contributed by atoms with Gasteiger partial charge >= 0.3 is 0 Å². The van der Waals surface area contributed by atoms with Gasteiger partial charge in [-0.3, -0.25) is 0 Å². The van der Waals surface area contributed by atoms with Crippen LogP contribution in [0.15, 0.2) is 8.95 Å². The first-order valence-corrected chi connectivity index (χ1v) is 21.3. The Morgan fingerprint density at radius 2 is 0.756 bits per heavy atom. The van der Waals surface area contributed by atoms with Crippen LogP contribution in [0.1, 0.15) is 182 Å². The van der Waals surface area contributed by atoms with E-state index in [9.17, 15) is 0 Å². The zero-order valence-electron chi connectivity index (χ0n) is 29.4. The van der Waals surface area contributed by atoms with E-state index in [0.717, 1.165) is 44.7 Å². The number of nitrogens with zero attached hydrogens (tertiary/aromatic N) is 2. The van der Waals surface area contributed by atoms with Crippen molar-refractivity contribution in [2.24, 2.45) is 11.8 Å². The average Bonchev–Trinajstić information content (AvgIpc) is 3.55. The fourth-order valence-electron chi connectivity index (χ4n) is 6.32. The first-order valence-electron chi connectivity index (χ1n) is 19.0. The molecule has 0 amide bonds. The molecule has 0 saturated heterocycles. The van der Waals surface area contributed by atoms with Crippen molar-refractivity contribution in [1.82, 2.24) is 8.75 Å². The van der Waals surface area contributed by atoms with Crippen molar-refractivity contribution in [3.8, 4) is 11.5 Å². The van der Waals surface area contributed by atoms with Gasteiger partial charge in [-0.2, -0.15) is 8.75 Å². The molecule has 0 saturated carbocycles. The maximum absolute atomic E-state index is 6.76. The fourth-order valence-corrected chi connectivity index (χ4v) is 8.26. The maximum Gasteiger partial charge on any atom is 0.178 e. The minimum absolute atomic E-state index is 0.565. The average molecular weight is 775 g/mol. The lowest BCUT2D eigenvalue weighted by atomic mass is 9.95. The van der Waals surface area contributed by atoms with Crippen molar-refractivity contribution >= 4 is 54.6 Å². The van der Waals surface area contributed by atoms with Crippen LogP contribution >= 0.6 is 43.6 Å². The molecule has 2 atom stereocenters. The molecule has 2 aromatic rings. The van der Waals surface area contributed by atoms with Gasteiger partial charge in [-0.05, 0) is 69.4 Å². The van der Waals surface area contributed by atoms with E-state index in [2.05, 4.69) is 68.3 Å². The third-order valence-corrected chi connectivity index (χ3v) is 11.3. The minimum atomic E-state index is 0.565. The second kappa shape index (κ2) is 26.5. The van der Waals surface area contributed by atoms with Crippen molar-refractivity contribution in [1.29, 1.82) is 0 Å². The zero-order valence-corrected chi connectivity index (χ0v) is 33.4. The van der Waals surface area contributed by atoms with Crippen molar-refractivity contribution in [2.75, 3.05) is 13.2 Å². The number of hydrogen-bond acceptors (Lipinski definition) is 5. The fraction of sp³-hybridized carbons (Fsp3) is 0.842. The van der Waals surface area contributed by atoms with E-state index in [-0.39, 0.29) is 0 Å². The summed E-state index contributed by atoms with van der Waals surface area (Å²) in [7, 11) is 0. The number of benzene rings is 1. The molecule has 0 radical (unpaired) electrons. The Kier molecular flexibility index (Phi) is 24.0. The Labute approximate surface area is 298 Å². The molecule has 4 nitrogen and oxygen atoms in total. The quantitative estimate of drug-likeness (QED) is 0.0742. The second-order valence-corrected chi connectivity index (χ2v) is 15.5. The number of ether oxygens (including phenoxy) is 2. The Balaban J connectivity index is 2.14. The van der Waals surface area contributed by atoms with Crippen LogP contribution in [0.3, 0.4) is 0 Å². The molecule has 0 aliphatic carbocycles. The van der Waals surface area contributed by atoms with Crippen molar-refractivity contribution in [3.05, 3.63) is 8.95 Å². The molecule has 0 aliphatic rings. The topological polar surface area (TPSA) is 44.2 Å². The number of halogens is 2. The molecular weight excluding hydrogens is 708 g/mol. The molecule has 0 aliphatic heterocycles. The van der Waals surface area contributed by atoms with Gasteiger partial charge in [0.15, 0.2) is 11.5 Å². The van der Waals surface area contributed by atoms with Gasteiger partial charge in [-0.15, -0.1) is 0 Å². The minimum Gasteiger partial charge on any atom is -0.488 e. The highest BCUT2D eigenvalue weighted by Gasteiger charge is 2.25. The summed E-state index contributed by atoms with van der Waals surface area (Å²) in [5.74, 6) is 2.73. The number of rotatable bonds is 30. The van der Waals surface area contributed by atoms with Gasteiger partial charge < -0.3 is 9.47 Å². The predicted molar refractivity (Wildman–Crippen MR) is 204 cm³/mol. The zero-order chi connectivity index (χ0) is 32.5. The summed E-state index contributed by atoms with van der Waals surface area (Å²) in [6.45, 7) is 10.6. The highest BCUT2D eigenvalue weighted by Crippen LogP contribution is 2.47. The molecule has 7 heteroatoms. The maximum atomic E-state index is 6.76. The van der Waals surface area contributed by atoms with Crippen LogP contribution in [0.25, 0.3) is 11.0 Å². The lowest BCUT2D eigenvalue weighted by molar-refractivity contribution is 0.191. The van der Waals surface area contributed by atoms with E-state index in [0.29, 0.717) is 11.8 Å². The first-order chi connectivity index (χ1) is 22.1. The van der Waals surface area contributed by atoms with Crippen LogP contribution < -0.4 is 9.47 Å². The van der Waals surface area contributed by atoms with Crippen molar-refractivity contribution in [2.45, 2.75) is 182 Å². The normalized spacial score (nSPS) is 13.0. The smallest absolute Gasteiger partial charge is 0.178 e. The monoisotopic (exact) mass is 772 g/mol. The van der Waals surface area contributed by atoms with E-state index < -0.39 is 0 Å². The summed E-state index contributed by atoms with van der Waals surface area (Å²) in [6.07, 6.45) is 31.5. The molecule has 260 valence electrons. The molecule has 1 heterocycles. The van der Waals surface area contributed by atoms with Crippen LogP contribution in [0.5, 0.6) is 11.5 Å². The summed E-state index contributed by atoms with van der Waals surface area (Å²) in [5, 5.41) is 0. The second-order valence-electron chi connectivity index (χ2n) is 13.4. The van der Waals surface area contributed by atoms with Crippen LogP contribution in [0.2, 0.25) is 0 Å². The van der Waals surface area contributed by atoms with E-state index in [1.807, 2.05) is 0 Å². The lowest BCUT2D eigenvalue weighted by Crippen LogP contribution is -2.16. The summed E-state index contributed by atoms with van der Waals surface area (Å²) in [5.41, 5.74) is 1.71. The standard InChI is InChI=1S/C38H66Br2N2O2S/c1-5-9-13-17-19-23-27-31(25-21-15-11-7-3)29-43-37-33(39)35-36(42-45-41-35)34(40)38(37)44-30-32(26-22-16-12-8-4)28-24-20-18-14-10-6-2/h31-32H,5-30H2,1-4H3. The molecule has 0 fully saturated rings. The summed E-state index contributed by atoms with van der Waals surface area (Å²) < 4.78 is 24.5. The van der Waals surface area contributed by atoms with Gasteiger partial charge in [-0.1, -0.05) is 156 Å². The highest BCUT2D eigenvalue weighted by molar-refractivity contribution is 9.11. The summed E-state index contributed by atoms with van der Waals surface area (Å²) in [6, 6.07) is 0. The molecule has 45 heavy (non-hydrogen) atoms. The Morgan fingerprint density at radius 1 is 0.467 bits per heavy atom. The van der Waals surface area contributed by atoms with Crippen molar-refractivity contribution in [3.63, 3.8) is 0 Å². The molecule has 0 bridgehead atoms. The Bertz CT molecular complexity index is 926. The van der Waals surface area contributed by atoms with Crippen LogP contribution in [-0.2, 0) is 0 Å². The van der Waals surface area contributed by atoms with E-state index in [1.165, 1.54) is 166 Å². The molecule has 1 aromatic carbocycles.